The lowest BCUT2D eigenvalue weighted by Gasteiger charge is -2.23. The van der Waals surface area contributed by atoms with Gasteiger partial charge in [0.2, 0.25) is 0 Å². The molecule has 0 amide bonds. The van der Waals surface area contributed by atoms with Crippen molar-refractivity contribution in [3.8, 4) is 0 Å². The summed E-state index contributed by atoms with van der Waals surface area (Å²) < 4.78 is 14.7. The first-order valence-corrected chi connectivity index (χ1v) is 7.50. The molecular weight excluding hydrogens is 321 g/mol. The summed E-state index contributed by atoms with van der Waals surface area (Å²) in [6.07, 6.45) is 1.78. The monoisotopic (exact) mass is 337 g/mol. The minimum absolute atomic E-state index is 0.249. The van der Waals surface area contributed by atoms with E-state index in [9.17, 15) is 4.39 Å². The van der Waals surface area contributed by atoms with Crippen LogP contribution in [0.2, 0.25) is 0 Å². The van der Waals surface area contributed by atoms with Crippen LogP contribution in [0.3, 0.4) is 0 Å². The van der Waals surface area contributed by atoms with Crippen LogP contribution in [0.15, 0.2) is 34.9 Å². The van der Waals surface area contributed by atoms with Crippen LogP contribution < -0.4 is 4.90 Å². The third-order valence-corrected chi connectivity index (χ3v) is 3.34. The van der Waals surface area contributed by atoms with Gasteiger partial charge in [-0.15, -0.1) is 0 Å². The van der Waals surface area contributed by atoms with Crippen LogP contribution in [-0.2, 0) is 6.42 Å². The lowest BCUT2D eigenvalue weighted by molar-refractivity contribution is 0.625. The Morgan fingerprint density at radius 3 is 2.60 bits per heavy atom. The average Bonchev–Trinajstić information content (AvgIpc) is 2.41. The van der Waals surface area contributed by atoms with Crippen LogP contribution in [0.5, 0.6) is 0 Å². The van der Waals surface area contributed by atoms with E-state index in [1.807, 2.05) is 24.0 Å². The first-order chi connectivity index (χ1) is 9.65. The van der Waals surface area contributed by atoms with E-state index in [1.54, 1.807) is 12.1 Å². The fraction of sp³-hybridized carbons (Fsp3) is 0.333. The molecule has 3 nitrogen and oxygen atoms in total. The molecule has 0 aliphatic rings. The van der Waals surface area contributed by atoms with Crippen LogP contribution in [0.25, 0.3) is 0 Å². The highest BCUT2D eigenvalue weighted by molar-refractivity contribution is 9.10. The largest absolute Gasteiger partial charge is 0.324 e. The number of aryl methyl sites for hydroxylation is 1. The van der Waals surface area contributed by atoms with E-state index in [0.717, 1.165) is 23.3 Å². The summed E-state index contributed by atoms with van der Waals surface area (Å²) in [6.45, 7) is 4.69. The number of benzene rings is 1. The third kappa shape index (κ3) is 3.33. The van der Waals surface area contributed by atoms with Gasteiger partial charge in [0, 0.05) is 19.0 Å². The molecule has 0 aliphatic heterocycles. The normalized spacial score (nSPS) is 10.6. The predicted molar refractivity (Wildman–Crippen MR) is 82.8 cm³/mol. The van der Waals surface area contributed by atoms with E-state index >= 15 is 0 Å². The van der Waals surface area contributed by atoms with Crippen molar-refractivity contribution in [2.45, 2.75) is 26.7 Å². The zero-order chi connectivity index (χ0) is 14.5. The van der Waals surface area contributed by atoms with Crippen molar-refractivity contribution in [3.05, 3.63) is 46.6 Å². The van der Waals surface area contributed by atoms with E-state index in [4.69, 9.17) is 0 Å². The molecule has 20 heavy (non-hydrogen) atoms. The van der Waals surface area contributed by atoms with Crippen molar-refractivity contribution in [1.82, 2.24) is 9.97 Å². The van der Waals surface area contributed by atoms with Crippen molar-refractivity contribution < 1.29 is 4.39 Å². The van der Waals surface area contributed by atoms with Gasteiger partial charge in [-0.05, 0) is 41.4 Å². The highest BCUT2D eigenvalue weighted by Crippen LogP contribution is 2.27. The molecule has 0 N–H and O–H groups in total. The highest BCUT2D eigenvalue weighted by atomic mass is 79.9. The molecule has 0 atom stereocenters. The van der Waals surface area contributed by atoms with Gasteiger partial charge in [0.05, 0.1) is 5.69 Å². The molecule has 0 unspecified atom stereocenters. The second kappa shape index (κ2) is 6.79. The summed E-state index contributed by atoms with van der Waals surface area (Å²) in [6, 6.07) is 8.54. The molecule has 0 saturated heterocycles. The molecule has 5 heteroatoms. The van der Waals surface area contributed by atoms with Gasteiger partial charge in [-0.3, -0.25) is 0 Å². The van der Waals surface area contributed by atoms with Crippen LogP contribution >= 0.6 is 15.9 Å². The molecule has 1 heterocycles. The lowest BCUT2D eigenvalue weighted by Crippen LogP contribution is -2.19. The molecule has 0 spiro atoms. The number of anilines is 2. The Morgan fingerprint density at radius 2 is 1.95 bits per heavy atom. The van der Waals surface area contributed by atoms with Gasteiger partial charge >= 0.3 is 0 Å². The molecule has 2 rings (SSSR count). The zero-order valence-electron chi connectivity index (χ0n) is 11.6. The number of hydrogen-bond acceptors (Lipinski definition) is 3. The Kier molecular flexibility index (Phi) is 5.06. The number of para-hydroxylation sites is 1. The maximum atomic E-state index is 14.0. The first kappa shape index (κ1) is 14.9. The van der Waals surface area contributed by atoms with E-state index in [-0.39, 0.29) is 5.82 Å². The molecule has 0 radical (unpaired) electrons. The summed E-state index contributed by atoms with van der Waals surface area (Å²) in [5.41, 5.74) is 0.531. The molecule has 0 aliphatic carbocycles. The van der Waals surface area contributed by atoms with Crippen LogP contribution in [0.4, 0.5) is 15.9 Å². The number of nitrogens with zero attached hydrogens (tertiary/aromatic N) is 3. The Bertz CT molecular complexity index is 589. The standard InChI is InChI=1S/C15H17BrFN3/c1-3-7-14-18-13(16)10-15(19-14)20(4-2)12-9-6-5-8-11(12)17/h5-6,8-10H,3-4,7H2,1-2H3. The maximum Gasteiger partial charge on any atom is 0.146 e. The lowest BCUT2D eigenvalue weighted by atomic mass is 10.2. The number of aromatic nitrogens is 2. The van der Waals surface area contributed by atoms with Gasteiger partial charge in [0.15, 0.2) is 0 Å². The highest BCUT2D eigenvalue weighted by Gasteiger charge is 2.14. The molecule has 1 aromatic heterocycles. The topological polar surface area (TPSA) is 29.0 Å². The van der Waals surface area contributed by atoms with Crippen molar-refractivity contribution in [1.29, 1.82) is 0 Å². The van der Waals surface area contributed by atoms with Crippen LogP contribution in [0, 0.1) is 5.82 Å². The minimum Gasteiger partial charge on any atom is -0.324 e. The fourth-order valence-corrected chi connectivity index (χ4v) is 2.46. The van der Waals surface area contributed by atoms with Crippen molar-refractivity contribution in [2.24, 2.45) is 0 Å². The molecule has 0 saturated carbocycles. The molecule has 106 valence electrons. The second-order valence-electron chi connectivity index (χ2n) is 4.41. The van der Waals surface area contributed by atoms with Crippen LogP contribution in [-0.4, -0.2) is 16.5 Å². The Hall–Kier alpha value is -1.49. The molecular formula is C15H17BrFN3. The summed E-state index contributed by atoms with van der Waals surface area (Å²) in [4.78, 5) is 10.7. The summed E-state index contributed by atoms with van der Waals surface area (Å²) in [5.74, 6) is 1.23. The van der Waals surface area contributed by atoms with E-state index in [2.05, 4.69) is 32.8 Å². The molecule has 1 aromatic carbocycles. The third-order valence-electron chi connectivity index (χ3n) is 2.94. The van der Waals surface area contributed by atoms with Gasteiger partial charge in [0.1, 0.15) is 22.1 Å². The fourth-order valence-electron chi connectivity index (χ4n) is 2.05. The number of rotatable bonds is 5. The van der Waals surface area contributed by atoms with Gasteiger partial charge in [0.25, 0.3) is 0 Å². The van der Waals surface area contributed by atoms with Crippen molar-refractivity contribution in [3.63, 3.8) is 0 Å². The SMILES string of the molecule is CCCc1nc(Br)cc(N(CC)c2ccccc2F)n1. The number of halogens is 2. The second-order valence-corrected chi connectivity index (χ2v) is 5.22. The van der Waals surface area contributed by atoms with Gasteiger partial charge in [-0.2, -0.15) is 0 Å². The average molecular weight is 338 g/mol. The van der Waals surface area contributed by atoms with Gasteiger partial charge < -0.3 is 4.90 Å². The zero-order valence-corrected chi connectivity index (χ0v) is 13.2. The van der Waals surface area contributed by atoms with E-state index in [1.165, 1.54) is 6.07 Å². The minimum atomic E-state index is -0.249. The summed E-state index contributed by atoms with van der Waals surface area (Å²) in [7, 11) is 0. The molecule has 0 bridgehead atoms. The summed E-state index contributed by atoms with van der Waals surface area (Å²) >= 11 is 3.40. The van der Waals surface area contributed by atoms with E-state index in [0.29, 0.717) is 18.1 Å². The molecule has 0 fully saturated rings. The van der Waals surface area contributed by atoms with E-state index < -0.39 is 0 Å². The number of hydrogen-bond donors (Lipinski definition) is 0. The molecule has 2 aromatic rings. The Balaban J connectivity index is 2.44. The smallest absolute Gasteiger partial charge is 0.146 e. The van der Waals surface area contributed by atoms with Crippen molar-refractivity contribution >= 4 is 27.4 Å². The van der Waals surface area contributed by atoms with Gasteiger partial charge in [-0.1, -0.05) is 19.1 Å². The van der Waals surface area contributed by atoms with Crippen LogP contribution in [0.1, 0.15) is 26.1 Å². The Morgan fingerprint density at radius 1 is 1.20 bits per heavy atom. The summed E-state index contributed by atoms with van der Waals surface area (Å²) in [5, 5.41) is 0. The quantitative estimate of drug-likeness (QED) is 0.752. The van der Waals surface area contributed by atoms with Gasteiger partial charge in [-0.25, -0.2) is 14.4 Å². The maximum absolute atomic E-state index is 14.0. The Labute approximate surface area is 127 Å². The first-order valence-electron chi connectivity index (χ1n) is 6.71. The van der Waals surface area contributed by atoms with Crippen molar-refractivity contribution in [2.75, 3.05) is 11.4 Å². The predicted octanol–water partition coefficient (Wildman–Crippen LogP) is 4.49.